The molecule has 0 atom stereocenters. The molecule has 1 heteroatoms. The van der Waals surface area contributed by atoms with Crippen LogP contribution < -0.4 is 0 Å². The van der Waals surface area contributed by atoms with Crippen LogP contribution in [0.4, 0.5) is 0 Å². The number of hydrogen-bond acceptors (Lipinski definition) is 1. The minimum atomic E-state index is 0.908. The first-order chi connectivity index (χ1) is 35.2. The molecular weight excluding hydrogens is 857 g/mol. The predicted octanol–water partition coefficient (Wildman–Crippen LogP) is 20.0. The topological polar surface area (TPSA) is 13.1 Å². The molecule has 0 saturated heterocycles. The smallest absolute Gasteiger partial charge is 0.135 e. The molecule has 0 bridgehead atoms. The summed E-state index contributed by atoms with van der Waals surface area (Å²) in [7, 11) is 0. The molecule has 15 aromatic rings. The molecule has 1 heterocycles. The summed E-state index contributed by atoms with van der Waals surface area (Å²) in [4.78, 5) is 0. The molecule has 1 aromatic heterocycles. The van der Waals surface area contributed by atoms with E-state index in [0.717, 1.165) is 21.9 Å². The van der Waals surface area contributed by atoms with Gasteiger partial charge in [-0.1, -0.05) is 212 Å². The van der Waals surface area contributed by atoms with E-state index in [1.165, 1.54) is 131 Å². The van der Waals surface area contributed by atoms with E-state index in [4.69, 9.17) is 4.42 Å². The van der Waals surface area contributed by atoms with Gasteiger partial charge >= 0.3 is 0 Å². The zero-order valence-corrected chi connectivity index (χ0v) is 38.7. The lowest BCUT2D eigenvalue weighted by Crippen LogP contribution is -1.91. The predicted molar refractivity (Wildman–Crippen MR) is 303 cm³/mol. The summed E-state index contributed by atoms with van der Waals surface area (Å²) in [5, 5.41) is 19.7. The molecule has 0 fully saturated rings. The van der Waals surface area contributed by atoms with Crippen molar-refractivity contribution in [1.29, 1.82) is 0 Å². The lowest BCUT2D eigenvalue weighted by molar-refractivity contribution is 0.669. The average Bonchev–Trinajstić information content (AvgIpc) is 3.81. The van der Waals surface area contributed by atoms with Crippen LogP contribution >= 0.6 is 0 Å². The van der Waals surface area contributed by atoms with Crippen LogP contribution in [0, 0.1) is 0 Å². The molecule has 71 heavy (non-hydrogen) atoms. The van der Waals surface area contributed by atoms with E-state index in [2.05, 4.69) is 249 Å². The second-order valence-corrected chi connectivity index (χ2v) is 19.1. The Hall–Kier alpha value is -9.30. The van der Waals surface area contributed by atoms with Gasteiger partial charge in [0.1, 0.15) is 11.2 Å². The molecule has 15 rings (SSSR count). The van der Waals surface area contributed by atoms with Gasteiger partial charge in [0.25, 0.3) is 0 Å². The summed E-state index contributed by atoms with van der Waals surface area (Å²) < 4.78 is 6.26. The van der Waals surface area contributed by atoms with Crippen LogP contribution in [0.2, 0.25) is 0 Å². The zero-order valence-electron chi connectivity index (χ0n) is 38.7. The number of fused-ring (bicyclic) bond motifs is 10. The lowest BCUT2D eigenvalue weighted by atomic mass is 9.84. The molecule has 1 nitrogen and oxygen atoms in total. The minimum Gasteiger partial charge on any atom is -0.456 e. The minimum absolute atomic E-state index is 0.908. The fourth-order valence-electron chi connectivity index (χ4n) is 12.0. The van der Waals surface area contributed by atoms with Gasteiger partial charge < -0.3 is 4.42 Å². The Morgan fingerprint density at radius 3 is 1.04 bits per heavy atom. The number of benzene rings is 14. The van der Waals surface area contributed by atoms with Gasteiger partial charge in [-0.15, -0.1) is 0 Å². The third kappa shape index (κ3) is 6.20. The largest absolute Gasteiger partial charge is 0.456 e. The van der Waals surface area contributed by atoms with Crippen molar-refractivity contribution in [1.82, 2.24) is 0 Å². The van der Waals surface area contributed by atoms with Crippen molar-refractivity contribution in [2.75, 3.05) is 0 Å². The molecule has 0 saturated carbocycles. The highest BCUT2D eigenvalue weighted by molar-refractivity contribution is 6.25. The summed E-state index contributed by atoms with van der Waals surface area (Å²) in [6.45, 7) is 0. The van der Waals surface area contributed by atoms with Crippen molar-refractivity contribution >= 4 is 97.3 Å². The van der Waals surface area contributed by atoms with Gasteiger partial charge in [-0.2, -0.15) is 0 Å². The van der Waals surface area contributed by atoms with Gasteiger partial charge in [0.15, 0.2) is 0 Å². The second-order valence-electron chi connectivity index (χ2n) is 19.1. The van der Waals surface area contributed by atoms with Crippen LogP contribution in [-0.4, -0.2) is 0 Å². The Kier molecular flexibility index (Phi) is 8.73. The molecule has 0 aliphatic carbocycles. The van der Waals surface area contributed by atoms with Gasteiger partial charge in [0, 0.05) is 10.8 Å². The lowest BCUT2D eigenvalue weighted by Gasteiger charge is -2.19. The Morgan fingerprint density at radius 1 is 0.183 bits per heavy atom. The molecule has 0 unspecified atom stereocenters. The average molecular weight is 899 g/mol. The highest BCUT2D eigenvalue weighted by atomic mass is 16.3. The molecule has 0 aliphatic heterocycles. The van der Waals surface area contributed by atoms with E-state index >= 15 is 0 Å². The highest BCUT2D eigenvalue weighted by Crippen LogP contribution is 2.48. The van der Waals surface area contributed by atoms with Gasteiger partial charge in [0.2, 0.25) is 0 Å². The first-order valence-corrected chi connectivity index (χ1v) is 24.6. The number of para-hydroxylation sites is 1. The fourth-order valence-corrected chi connectivity index (χ4v) is 12.0. The van der Waals surface area contributed by atoms with Crippen LogP contribution in [0.1, 0.15) is 0 Å². The Balaban J connectivity index is 0.857. The van der Waals surface area contributed by atoms with Crippen molar-refractivity contribution < 1.29 is 4.42 Å². The maximum Gasteiger partial charge on any atom is 0.135 e. The number of furan rings is 1. The highest BCUT2D eigenvalue weighted by Gasteiger charge is 2.20. The van der Waals surface area contributed by atoms with Crippen molar-refractivity contribution in [3.8, 4) is 55.6 Å². The zero-order chi connectivity index (χ0) is 46.6. The molecule has 0 amide bonds. The Morgan fingerprint density at radius 2 is 0.535 bits per heavy atom. The first kappa shape index (κ1) is 39.7. The van der Waals surface area contributed by atoms with Gasteiger partial charge in [-0.25, -0.2) is 0 Å². The van der Waals surface area contributed by atoms with Gasteiger partial charge in [-0.05, 0) is 174 Å². The van der Waals surface area contributed by atoms with Crippen LogP contribution in [0.25, 0.3) is 153 Å². The van der Waals surface area contributed by atoms with E-state index < -0.39 is 0 Å². The van der Waals surface area contributed by atoms with E-state index in [1.807, 2.05) is 6.07 Å². The molecule has 328 valence electrons. The van der Waals surface area contributed by atoms with Crippen LogP contribution in [-0.2, 0) is 0 Å². The Bertz CT molecular complexity index is 4580. The normalized spacial score (nSPS) is 11.9. The van der Waals surface area contributed by atoms with E-state index in [-0.39, 0.29) is 0 Å². The fraction of sp³-hybridized carbons (Fsp3) is 0. The maximum atomic E-state index is 6.26. The van der Waals surface area contributed by atoms with Gasteiger partial charge in [-0.3, -0.25) is 0 Å². The molecule has 14 aromatic carbocycles. The molecule has 0 spiro atoms. The van der Waals surface area contributed by atoms with Crippen LogP contribution in [0.15, 0.2) is 259 Å². The van der Waals surface area contributed by atoms with E-state index in [0.29, 0.717) is 0 Å². The van der Waals surface area contributed by atoms with Crippen molar-refractivity contribution in [3.05, 3.63) is 255 Å². The monoisotopic (exact) mass is 898 g/mol. The third-order valence-corrected chi connectivity index (χ3v) is 15.2. The summed E-state index contributed by atoms with van der Waals surface area (Å²) in [5.41, 5.74) is 14.2. The molecular formula is C70H42O. The quantitative estimate of drug-likeness (QED) is 0.157. The summed E-state index contributed by atoms with van der Waals surface area (Å²) in [6, 6.07) is 94.1. The van der Waals surface area contributed by atoms with Gasteiger partial charge in [0.05, 0.1) is 0 Å². The first-order valence-electron chi connectivity index (χ1n) is 24.6. The van der Waals surface area contributed by atoms with Crippen LogP contribution in [0.3, 0.4) is 0 Å². The molecule has 0 aliphatic rings. The Labute approximate surface area is 410 Å². The third-order valence-electron chi connectivity index (χ3n) is 15.2. The van der Waals surface area contributed by atoms with E-state index in [1.54, 1.807) is 0 Å². The van der Waals surface area contributed by atoms with Crippen molar-refractivity contribution in [2.45, 2.75) is 0 Å². The van der Waals surface area contributed by atoms with Crippen LogP contribution in [0.5, 0.6) is 0 Å². The van der Waals surface area contributed by atoms with Crippen molar-refractivity contribution in [2.24, 2.45) is 0 Å². The van der Waals surface area contributed by atoms with Crippen molar-refractivity contribution in [3.63, 3.8) is 0 Å². The number of rotatable bonds is 5. The SMILES string of the molecule is c1ccc2c(-c3c4ccccc4c(-c4ccc5ccc(-c6ccc7ccc(-c8c9ccccc9c(-c9ccc%10oc%11ccccc%11c%10c9)c9ccccc89)cc7c6)cc5c4)c4ccccc34)cccc2c1. The molecule has 0 radical (unpaired) electrons. The number of hydrogen-bond donors (Lipinski definition) is 0. The summed E-state index contributed by atoms with van der Waals surface area (Å²) in [5.74, 6) is 0. The molecule has 0 N–H and O–H groups in total. The maximum absolute atomic E-state index is 6.26. The summed E-state index contributed by atoms with van der Waals surface area (Å²) >= 11 is 0. The standard InChI is InChI=1S/C70H42O/c1-2-16-53-45(14-1)15-13-26-55(53)70-62-24-9-7-22-60(62)68(61-23-8-10-25-63(61)70)49-35-31-44-29-33-47(39-52(44)41-49)46-32-28-43-30-34-48(40-51(43)38-46)67-56-18-3-5-20-58(56)69(59-21-6-4-19-57(59)67)50-36-37-66-64(42-50)54-17-11-12-27-65(54)71-66/h1-42H. The van der Waals surface area contributed by atoms with E-state index in [9.17, 15) is 0 Å². The summed E-state index contributed by atoms with van der Waals surface area (Å²) in [6.07, 6.45) is 0. The second kappa shape index (κ2) is 15.6.